The molecule has 0 heteroatoms. The number of aryl methyl sites for hydroxylation is 3. The van der Waals surface area contributed by atoms with Gasteiger partial charge in [-0.2, -0.15) is 0 Å². The van der Waals surface area contributed by atoms with Crippen molar-refractivity contribution in [1.29, 1.82) is 0 Å². The highest BCUT2D eigenvalue weighted by Gasteiger charge is 2.13. The van der Waals surface area contributed by atoms with E-state index >= 15 is 0 Å². The van der Waals surface area contributed by atoms with Crippen LogP contribution >= 0.6 is 0 Å². The van der Waals surface area contributed by atoms with Crippen LogP contribution in [0.2, 0.25) is 0 Å². The molecule has 0 atom stereocenters. The summed E-state index contributed by atoms with van der Waals surface area (Å²) in [6, 6.07) is 62.3. The number of benzene rings is 7. The SMILES string of the molecule is CC.CC.CC1=CCCC=C1c1cccc(-c2ccc(C)cc2)c1C.Cc1cc(-c2ccccc2)cc(-c2ccccc2)c1.Cc1ccc(-c2ccccc2)cc1. The lowest BCUT2D eigenvalue weighted by molar-refractivity contribution is 1.02. The fourth-order valence-corrected chi connectivity index (χ4v) is 6.85. The first kappa shape index (κ1) is 43.7. The highest BCUT2D eigenvalue weighted by Crippen LogP contribution is 2.35. The molecule has 0 fully saturated rings. The van der Waals surface area contributed by atoms with Crippen molar-refractivity contribution in [3.63, 3.8) is 0 Å². The molecule has 0 bridgehead atoms. The summed E-state index contributed by atoms with van der Waals surface area (Å²) >= 11 is 0. The summed E-state index contributed by atoms with van der Waals surface area (Å²) in [5, 5.41) is 0. The van der Waals surface area contributed by atoms with E-state index in [0.29, 0.717) is 0 Å². The third-order valence-corrected chi connectivity index (χ3v) is 9.83. The minimum atomic E-state index is 1.15. The van der Waals surface area contributed by atoms with Gasteiger partial charge in [-0.15, -0.1) is 0 Å². The monoisotopic (exact) mass is 746 g/mol. The van der Waals surface area contributed by atoms with Gasteiger partial charge >= 0.3 is 0 Å². The van der Waals surface area contributed by atoms with E-state index in [0.717, 1.165) is 6.42 Å². The molecule has 0 unspecified atom stereocenters. The van der Waals surface area contributed by atoms with Crippen LogP contribution < -0.4 is 0 Å². The Labute approximate surface area is 345 Å². The third kappa shape index (κ3) is 12.8. The molecule has 7 aromatic carbocycles. The predicted octanol–water partition coefficient (Wildman–Crippen LogP) is 17.1. The number of rotatable bonds is 5. The van der Waals surface area contributed by atoms with E-state index in [1.165, 1.54) is 89.9 Å². The molecule has 0 N–H and O–H groups in total. The summed E-state index contributed by atoms with van der Waals surface area (Å²) < 4.78 is 0. The van der Waals surface area contributed by atoms with Crippen LogP contribution in [0.25, 0.3) is 50.1 Å². The maximum Gasteiger partial charge on any atom is -0.0149 e. The molecule has 0 amide bonds. The fourth-order valence-electron chi connectivity index (χ4n) is 6.85. The van der Waals surface area contributed by atoms with E-state index in [-0.39, 0.29) is 0 Å². The second-order valence-corrected chi connectivity index (χ2v) is 14.0. The van der Waals surface area contributed by atoms with Crippen LogP contribution in [0.1, 0.15) is 75.3 Å². The Morgan fingerprint density at radius 3 is 1.14 bits per heavy atom. The molecule has 8 rings (SSSR count). The average molecular weight is 747 g/mol. The standard InChI is InChI=1S/C21H22.C19H16.C13H12.2C2H6/c1-15-11-13-18(14-12-15)20-9-6-10-21(17(20)3)19-8-5-4-7-16(19)2;1-15-12-18(16-8-4-2-5-9-16)14-19(13-15)17-10-6-3-7-11-17;1-11-7-9-13(10-8-11)12-5-3-2-4-6-12;2*1-2/h6-14H,4-5H2,1-3H3;2-14H,1H3;2-10H,1H3;2*1-2H3. The van der Waals surface area contributed by atoms with E-state index in [2.05, 4.69) is 217 Å². The van der Waals surface area contributed by atoms with Gasteiger partial charge in [-0.3, -0.25) is 0 Å². The second-order valence-electron chi connectivity index (χ2n) is 14.0. The first-order valence-corrected chi connectivity index (χ1v) is 20.7. The Morgan fingerprint density at radius 1 is 0.298 bits per heavy atom. The van der Waals surface area contributed by atoms with Crippen molar-refractivity contribution in [2.45, 2.75) is 75.2 Å². The molecular formula is C57H62. The van der Waals surface area contributed by atoms with Gasteiger partial charge in [0, 0.05) is 0 Å². The molecule has 290 valence electrons. The minimum absolute atomic E-state index is 1.15. The molecule has 0 radical (unpaired) electrons. The van der Waals surface area contributed by atoms with Crippen LogP contribution in [-0.2, 0) is 0 Å². The maximum atomic E-state index is 2.39. The van der Waals surface area contributed by atoms with Gasteiger partial charge in [0.1, 0.15) is 0 Å². The second kappa shape index (κ2) is 23.2. The van der Waals surface area contributed by atoms with Crippen molar-refractivity contribution >= 4 is 5.57 Å². The van der Waals surface area contributed by atoms with Gasteiger partial charge < -0.3 is 0 Å². The molecule has 0 saturated carbocycles. The zero-order valence-corrected chi connectivity index (χ0v) is 35.8. The van der Waals surface area contributed by atoms with Gasteiger partial charge in [0.25, 0.3) is 0 Å². The van der Waals surface area contributed by atoms with E-state index < -0.39 is 0 Å². The molecule has 57 heavy (non-hydrogen) atoms. The van der Waals surface area contributed by atoms with Crippen LogP contribution in [0.4, 0.5) is 0 Å². The lowest BCUT2D eigenvalue weighted by Gasteiger charge is -2.18. The van der Waals surface area contributed by atoms with Crippen LogP contribution in [0.3, 0.4) is 0 Å². The smallest absolute Gasteiger partial charge is 0.0149 e. The summed E-state index contributed by atoms with van der Waals surface area (Å²) in [6.07, 6.45) is 7.07. The fraction of sp³-hybridized carbons (Fsp3) is 0.193. The van der Waals surface area contributed by atoms with E-state index in [9.17, 15) is 0 Å². The van der Waals surface area contributed by atoms with Crippen molar-refractivity contribution in [2.75, 3.05) is 0 Å². The number of hydrogen-bond acceptors (Lipinski definition) is 0. The summed E-state index contributed by atoms with van der Waals surface area (Å²) in [5.41, 5.74) is 19.8. The van der Waals surface area contributed by atoms with Gasteiger partial charge in [-0.05, 0) is 126 Å². The minimum Gasteiger partial charge on any atom is -0.0807 e. The molecule has 0 saturated heterocycles. The van der Waals surface area contributed by atoms with Gasteiger partial charge in [-0.1, -0.05) is 221 Å². The number of allylic oxidation sites excluding steroid dienone is 4. The largest absolute Gasteiger partial charge is 0.0807 e. The van der Waals surface area contributed by atoms with Crippen LogP contribution in [0.5, 0.6) is 0 Å². The maximum absolute atomic E-state index is 2.39. The lowest BCUT2D eigenvalue weighted by atomic mass is 9.87. The highest BCUT2D eigenvalue weighted by atomic mass is 14.2. The highest BCUT2D eigenvalue weighted by molar-refractivity contribution is 5.84. The van der Waals surface area contributed by atoms with Crippen LogP contribution in [0, 0.1) is 27.7 Å². The molecule has 0 heterocycles. The van der Waals surface area contributed by atoms with E-state index in [1.54, 1.807) is 0 Å². The van der Waals surface area contributed by atoms with E-state index in [4.69, 9.17) is 0 Å². The Hall–Kier alpha value is -5.98. The normalized spacial score (nSPS) is 11.3. The Morgan fingerprint density at radius 2 is 0.684 bits per heavy atom. The lowest BCUT2D eigenvalue weighted by Crippen LogP contribution is -1.96. The van der Waals surface area contributed by atoms with Gasteiger partial charge in [-0.25, -0.2) is 0 Å². The Kier molecular flexibility index (Phi) is 17.8. The van der Waals surface area contributed by atoms with Gasteiger partial charge in [0.05, 0.1) is 0 Å². The summed E-state index contributed by atoms with van der Waals surface area (Å²) in [6.45, 7) is 18.9. The Balaban J connectivity index is 0.000000186. The van der Waals surface area contributed by atoms with Gasteiger partial charge in [0.15, 0.2) is 0 Å². The average Bonchev–Trinajstić information content (AvgIpc) is 3.27. The summed E-state index contributed by atoms with van der Waals surface area (Å²) in [5.74, 6) is 0. The molecule has 7 aromatic rings. The summed E-state index contributed by atoms with van der Waals surface area (Å²) in [7, 11) is 0. The predicted molar refractivity (Wildman–Crippen MR) is 254 cm³/mol. The molecule has 0 spiro atoms. The van der Waals surface area contributed by atoms with Crippen LogP contribution in [-0.4, -0.2) is 0 Å². The first-order valence-electron chi connectivity index (χ1n) is 20.7. The van der Waals surface area contributed by atoms with Crippen molar-refractivity contribution in [3.05, 3.63) is 221 Å². The summed E-state index contributed by atoms with van der Waals surface area (Å²) in [4.78, 5) is 0. The molecule has 0 aromatic heterocycles. The van der Waals surface area contributed by atoms with Crippen molar-refractivity contribution in [2.24, 2.45) is 0 Å². The quantitative estimate of drug-likeness (QED) is 0.165. The molecule has 1 aliphatic rings. The van der Waals surface area contributed by atoms with Crippen LogP contribution in [0.15, 0.2) is 194 Å². The molecule has 0 aliphatic heterocycles. The zero-order valence-electron chi connectivity index (χ0n) is 35.8. The first-order chi connectivity index (χ1) is 27.9. The molecular weight excluding hydrogens is 685 g/mol. The molecule has 1 aliphatic carbocycles. The molecule has 0 nitrogen and oxygen atoms in total. The topological polar surface area (TPSA) is 0 Å². The number of hydrogen-bond donors (Lipinski definition) is 0. The Bertz CT molecular complexity index is 2210. The van der Waals surface area contributed by atoms with Crippen molar-refractivity contribution < 1.29 is 0 Å². The van der Waals surface area contributed by atoms with E-state index in [1.807, 2.05) is 33.8 Å². The van der Waals surface area contributed by atoms with Crippen molar-refractivity contribution in [1.82, 2.24) is 0 Å². The third-order valence-electron chi connectivity index (χ3n) is 9.83. The van der Waals surface area contributed by atoms with Gasteiger partial charge in [0.2, 0.25) is 0 Å². The zero-order chi connectivity index (χ0) is 41.0. The van der Waals surface area contributed by atoms with Crippen molar-refractivity contribution in [3.8, 4) is 44.5 Å².